The molecule has 0 fully saturated rings. The Balaban J connectivity index is 3.37. The normalized spacial score (nSPS) is 11.1. The second kappa shape index (κ2) is 7.28. The van der Waals surface area contributed by atoms with E-state index in [2.05, 4.69) is 4.98 Å². The summed E-state index contributed by atoms with van der Waals surface area (Å²) in [6.45, 7) is 0. The number of methoxy groups -OCH3 is 1. The van der Waals surface area contributed by atoms with E-state index in [0.29, 0.717) is 11.4 Å². The molecule has 0 aliphatic carbocycles. The molecule has 0 saturated heterocycles. The first kappa shape index (κ1) is 16.5. The molecule has 0 spiro atoms. The summed E-state index contributed by atoms with van der Waals surface area (Å²) in [5.41, 5.74) is 0.750. The van der Waals surface area contributed by atoms with Gasteiger partial charge in [0.05, 0.1) is 12.0 Å². The molecule has 1 rings (SSSR count). The van der Waals surface area contributed by atoms with Crippen molar-refractivity contribution < 1.29 is 9.66 Å². The molecule has 1 aromatic heterocycles. The second-order valence-electron chi connectivity index (χ2n) is 4.81. The number of hydrogen-bond acceptors (Lipinski definition) is 6. The van der Waals surface area contributed by atoms with Crippen LogP contribution in [0.3, 0.4) is 0 Å². The van der Waals surface area contributed by atoms with Crippen LogP contribution < -0.4 is 4.74 Å². The van der Waals surface area contributed by atoms with E-state index in [1.165, 1.54) is 13.2 Å². The first-order valence-electron chi connectivity index (χ1n) is 6.27. The van der Waals surface area contributed by atoms with Crippen LogP contribution in [0.2, 0.25) is 0 Å². The van der Waals surface area contributed by atoms with E-state index in [9.17, 15) is 10.1 Å². The third kappa shape index (κ3) is 4.79. The lowest BCUT2D eigenvalue weighted by molar-refractivity contribution is -0.385. The first-order valence-corrected chi connectivity index (χ1v) is 6.27. The van der Waals surface area contributed by atoms with Gasteiger partial charge in [-0.1, -0.05) is 0 Å². The van der Waals surface area contributed by atoms with E-state index in [-0.39, 0.29) is 11.4 Å². The van der Waals surface area contributed by atoms with Crippen LogP contribution in [0.15, 0.2) is 18.5 Å². The molecule has 0 bridgehead atoms. The number of ether oxygens (including phenoxy) is 1. The van der Waals surface area contributed by atoms with Crippen molar-refractivity contribution in [1.82, 2.24) is 14.8 Å². The fourth-order valence-electron chi connectivity index (χ4n) is 1.52. The monoisotopic (exact) mass is 292 g/mol. The molecule has 0 saturated carbocycles. The number of nitro groups is 1. The molecule has 114 valence electrons. The van der Waals surface area contributed by atoms with Gasteiger partial charge in [-0.05, 0) is 18.4 Å². The highest BCUT2D eigenvalue weighted by molar-refractivity contribution is 5.65. The van der Waals surface area contributed by atoms with Crippen LogP contribution in [0.25, 0.3) is 12.2 Å². The van der Waals surface area contributed by atoms with Crippen LogP contribution >= 0.6 is 0 Å². The maximum atomic E-state index is 11.2. The summed E-state index contributed by atoms with van der Waals surface area (Å²) in [5, 5.41) is 11.2. The van der Waals surface area contributed by atoms with E-state index < -0.39 is 4.92 Å². The van der Waals surface area contributed by atoms with Crippen molar-refractivity contribution in [2.75, 3.05) is 35.3 Å². The van der Waals surface area contributed by atoms with Crippen LogP contribution in [0, 0.1) is 10.1 Å². The van der Waals surface area contributed by atoms with Crippen molar-refractivity contribution >= 4 is 17.8 Å². The zero-order valence-electron chi connectivity index (χ0n) is 12.9. The highest BCUT2D eigenvalue weighted by Gasteiger charge is 2.17. The molecule has 1 heterocycles. The standard InChI is InChI=1S/C14H20N4O3/c1-16(2)8-6-11-10-13(18(19)20)12(7-9-17(3)4)15-14(11)21-5/h6-10H,1-5H3. The maximum absolute atomic E-state index is 11.2. The number of hydrogen-bond donors (Lipinski definition) is 0. The Hall–Kier alpha value is -2.57. The first-order chi connectivity index (χ1) is 9.85. The van der Waals surface area contributed by atoms with Gasteiger partial charge < -0.3 is 14.5 Å². The fourth-order valence-corrected chi connectivity index (χ4v) is 1.52. The average Bonchev–Trinajstić information content (AvgIpc) is 2.41. The predicted octanol–water partition coefficient (Wildman–Crippen LogP) is 2.06. The van der Waals surface area contributed by atoms with Crippen LogP contribution in [0.4, 0.5) is 5.69 Å². The van der Waals surface area contributed by atoms with Gasteiger partial charge in [-0.15, -0.1) is 0 Å². The van der Waals surface area contributed by atoms with Crippen molar-refractivity contribution in [1.29, 1.82) is 0 Å². The van der Waals surface area contributed by atoms with Gasteiger partial charge in [-0.2, -0.15) is 0 Å². The number of pyridine rings is 1. The van der Waals surface area contributed by atoms with E-state index in [1.807, 2.05) is 33.1 Å². The highest BCUT2D eigenvalue weighted by atomic mass is 16.6. The number of nitrogens with zero attached hydrogens (tertiary/aromatic N) is 4. The Morgan fingerprint density at radius 2 is 1.76 bits per heavy atom. The molecule has 0 aliphatic heterocycles. The molecular formula is C14H20N4O3. The third-order valence-corrected chi connectivity index (χ3v) is 2.50. The lowest BCUT2D eigenvalue weighted by Gasteiger charge is -2.08. The lowest BCUT2D eigenvalue weighted by Crippen LogP contribution is -2.03. The summed E-state index contributed by atoms with van der Waals surface area (Å²) in [7, 11) is 8.86. The van der Waals surface area contributed by atoms with E-state index in [0.717, 1.165) is 0 Å². The Labute approximate surface area is 124 Å². The number of aromatic nitrogens is 1. The van der Waals surface area contributed by atoms with E-state index in [4.69, 9.17) is 4.74 Å². The lowest BCUT2D eigenvalue weighted by atomic mass is 10.2. The zero-order valence-corrected chi connectivity index (χ0v) is 12.9. The summed E-state index contributed by atoms with van der Waals surface area (Å²) in [6.07, 6.45) is 6.78. The van der Waals surface area contributed by atoms with Gasteiger partial charge in [0.2, 0.25) is 5.88 Å². The van der Waals surface area contributed by atoms with Crippen molar-refractivity contribution in [3.05, 3.63) is 39.8 Å². The molecule has 0 radical (unpaired) electrons. The minimum Gasteiger partial charge on any atom is -0.481 e. The van der Waals surface area contributed by atoms with E-state index in [1.54, 1.807) is 29.5 Å². The quantitative estimate of drug-likeness (QED) is 0.590. The maximum Gasteiger partial charge on any atom is 0.295 e. The van der Waals surface area contributed by atoms with Crippen LogP contribution in [-0.2, 0) is 0 Å². The molecule has 0 N–H and O–H groups in total. The van der Waals surface area contributed by atoms with Gasteiger partial charge >= 0.3 is 0 Å². The summed E-state index contributed by atoms with van der Waals surface area (Å²) in [6, 6.07) is 1.46. The minimum absolute atomic E-state index is 0.0627. The summed E-state index contributed by atoms with van der Waals surface area (Å²) >= 11 is 0. The molecule has 1 aromatic rings. The molecule has 0 aromatic carbocycles. The fraction of sp³-hybridized carbons (Fsp3) is 0.357. The van der Waals surface area contributed by atoms with Crippen molar-refractivity contribution in [2.24, 2.45) is 0 Å². The summed E-state index contributed by atoms with van der Waals surface area (Å²) in [4.78, 5) is 18.6. The number of rotatable bonds is 6. The Kier molecular flexibility index (Phi) is 5.71. The molecular weight excluding hydrogens is 272 g/mol. The molecule has 0 amide bonds. The SMILES string of the molecule is COc1nc(C=CN(C)C)c([N+](=O)[O-])cc1C=CN(C)C. The van der Waals surface area contributed by atoms with Crippen LogP contribution in [0.1, 0.15) is 11.3 Å². The third-order valence-electron chi connectivity index (χ3n) is 2.50. The van der Waals surface area contributed by atoms with Crippen molar-refractivity contribution in [3.63, 3.8) is 0 Å². The van der Waals surface area contributed by atoms with Gasteiger partial charge in [-0.3, -0.25) is 10.1 Å². The van der Waals surface area contributed by atoms with Gasteiger partial charge in [0.25, 0.3) is 5.69 Å². The molecule has 21 heavy (non-hydrogen) atoms. The second-order valence-corrected chi connectivity index (χ2v) is 4.81. The smallest absolute Gasteiger partial charge is 0.295 e. The summed E-state index contributed by atoms with van der Waals surface area (Å²) < 4.78 is 5.21. The largest absolute Gasteiger partial charge is 0.481 e. The Morgan fingerprint density at radius 1 is 1.19 bits per heavy atom. The Morgan fingerprint density at radius 3 is 2.24 bits per heavy atom. The van der Waals surface area contributed by atoms with E-state index >= 15 is 0 Å². The average molecular weight is 292 g/mol. The summed E-state index contributed by atoms with van der Waals surface area (Å²) in [5.74, 6) is 0.345. The Bertz CT molecular complexity index is 566. The zero-order chi connectivity index (χ0) is 16.0. The van der Waals surface area contributed by atoms with Gasteiger partial charge in [-0.25, -0.2) is 4.98 Å². The molecule has 0 aliphatic rings. The molecule has 0 unspecified atom stereocenters. The van der Waals surface area contributed by atoms with Gasteiger partial charge in [0, 0.05) is 46.0 Å². The molecule has 7 heteroatoms. The van der Waals surface area contributed by atoms with Gasteiger partial charge in [0.15, 0.2) is 0 Å². The minimum atomic E-state index is -0.450. The van der Waals surface area contributed by atoms with Gasteiger partial charge in [0.1, 0.15) is 5.69 Å². The van der Waals surface area contributed by atoms with Crippen LogP contribution in [-0.4, -0.2) is 55.0 Å². The predicted molar refractivity (Wildman–Crippen MR) is 82.9 cm³/mol. The molecule has 0 atom stereocenters. The molecule has 7 nitrogen and oxygen atoms in total. The topological polar surface area (TPSA) is 71.7 Å². The van der Waals surface area contributed by atoms with Crippen molar-refractivity contribution in [3.8, 4) is 5.88 Å². The highest BCUT2D eigenvalue weighted by Crippen LogP contribution is 2.27. The van der Waals surface area contributed by atoms with Crippen LogP contribution in [0.5, 0.6) is 5.88 Å². The van der Waals surface area contributed by atoms with Crippen molar-refractivity contribution in [2.45, 2.75) is 0 Å².